The van der Waals surface area contributed by atoms with Gasteiger partial charge in [-0.05, 0) is 33.6 Å². The monoisotopic (exact) mass is 279 g/mol. The van der Waals surface area contributed by atoms with Crippen molar-refractivity contribution in [1.29, 1.82) is 0 Å². The molecule has 0 aliphatic heterocycles. The number of hydrogen-bond acceptors (Lipinski definition) is 6. The van der Waals surface area contributed by atoms with Crippen LogP contribution in [0.3, 0.4) is 0 Å². The van der Waals surface area contributed by atoms with Gasteiger partial charge in [0.05, 0.1) is 6.10 Å². The number of rotatable bonds is 5. The summed E-state index contributed by atoms with van der Waals surface area (Å²) in [4.78, 5) is 15.0. The summed E-state index contributed by atoms with van der Waals surface area (Å²) in [5.41, 5.74) is 5.79. The fourth-order valence-corrected chi connectivity index (χ4v) is 2.71. The Balaban J connectivity index is 2.21. The Bertz CT molecular complexity index is 432. The van der Waals surface area contributed by atoms with Crippen LogP contribution >= 0.6 is 0 Å². The van der Waals surface area contributed by atoms with Gasteiger partial charge in [0, 0.05) is 12.6 Å². The summed E-state index contributed by atoms with van der Waals surface area (Å²) in [6.07, 6.45) is 6.29. The van der Waals surface area contributed by atoms with Crippen LogP contribution in [0.5, 0.6) is 6.01 Å². The topological polar surface area (TPSA) is 77.2 Å². The first-order valence-electron chi connectivity index (χ1n) is 7.55. The number of aromatic nitrogens is 3. The summed E-state index contributed by atoms with van der Waals surface area (Å²) >= 11 is 0. The molecular formula is C14H25N5O. The lowest BCUT2D eigenvalue weighted by Crippen LogP contribution is -2.38. The molecule has 0 aromatic carbocycles. The molecule has 2 rings (SSSR count). The van der Waals surface area contributed by atoms with Crippen LogP contribution in [0.2, 0.25) is 0 Å². The molecule has 20 heavy (non-hydrogen) atoms. The number of hydrogen-bond donors (Lipinski definition) is 1. The van der Waals surface area contributed by atoms with E-state index in [1.165, 1.54) is 32.1 Å². The van der Waals surface area contributed by atoms with E-state index in [2.05, 4.69) is 26.8 Å². The Kier molecular flexibility index (Phi) is 4.98. The van der Waals surface area contributed by atoms with Gasteiger partial charge >= 0.3 is 6.01 Å². The molecule has 1 aromatic rings. The van der Waals surface area contributed by atoms with Crippen molar-refractivity contribution < 1.29 is 4.74 Å². The van der Waals surface area contributed by atoms with Gasteiger partial charge in [-0.15, -0.1) is 0 Å². The maximum atomic E-state index is 5.79. The van der Waals surface area contributed by atoms with Gasteiger partial charge in [0.2, 0.25) is 11.9 Å². The summed E-state index contributed by atoms with van der Waals surface area (Å²) in [7, 11) is 0. The minimum atomic E-state index is 0.0226. The highest BCUT2D eigenvalue weighted by molar-refractivity contribution is 5.37. The molecular weight excluding hydrogens is 254 g/mol. The van der Waals surface area contributed by atoms with E-state index in [0.717, 1.165) is 6.54 Å². The van der Waals surface area contributed by atoms with Crippen molar-refractivity contribution in [3.8, 4) is 6.01 Å². The molecule has 1 aromatic heterocycles. The largest absolute Gasteiger partial charge is 0.461 e. The van der Waals surface area contributed by atoms with Crippen molar-refractivity contribution in [3.05, 3.63) is 0 Å². The van der Waals surface area contributed by atoms with E-state index in [1.807, 2.05) is 13.8 Å². The van der Waals surface area contributed by atoms with Gasteiger partial charge in [-0.25, -0.2) is 0 Å². The fourth-order valence-electron chi connectivity index (χ4n) is 2.71. The molecule has 6 heteroatoms. The molecule has 6 nitrogen and oxygen atoms in total. The molecule has 1 heterocycles. The lowest BCUT2D eigenvalue weighted by Gasteiger charge is -2.33. The van der Waals surface area contributed by atoms with Crippen molar-refractivity contribution in [2.24, 2.45) is 0 Å². The van der Waals surface area contributed by atoms with Gasteiger partial charge in [-0.1, -0.05) is 19.3 Å². The van der Waals surface area contributed by atoms with Crippen molar-refractivity contribution in [2.45, 2.75) is 65.0 Å². The standard InChI is InChI=1S/C14H25N5O/c1-4-19(11-8-6-5-7-9-11)13-16-12(15)17-14(18-13)20-10(2)3/h10-11H,4-9H2,1-3H3,(H2,15,16,17,18). The first kappa shape index (κ1) is 14.8. The predicted octanol–water partition coefficient (Wildman–Crippen LogP) is 2.40. The summed E-state index contributed by atoms with van der Waals surface area (Å²) in [5, 5.41) is 0. The average Bonchev–Trinajstić information content (AvgIpc) is 2.39. The van der Waals surface area contributed by atoms with E-state index in [-0.39, 0.29) is 12.1 Å². The van der Waals surface area contributed by atoms with Crippen LogP contribution in [0, 0.1) is 0 Å². The van der Waals surface area contributed by atoms with Gasteiger partial charge < -0.3 is 15.4 Å². The minimum Gasteiger partial charge on any atom is -0.461 e. The Morgan fingerprint density at radius 1 is 1.20 bits per heavy atom. The number of ether oxygens (including phenoxy) is 1. The number of nitrogens with two attached hydrogens (primary N) is 1. The average molecular weight is 279 g/mol. The second kappa shape index (κ2) is 6.72. The van der Waals surface area contributed by atoms with Gasteiger partial charge in [0.25, 0.3) is 0 Å². The zero-order valence-corrected chi connectivity index (χ0v) is 12.7. The van der Waals surface area contributed by atoms with E-state index >= 15 is 0 Å². The zero-order valence-electron chi connectivity index (χ0n) is 12.7. The van der Waals surface area contributed by atoms with Crippen LogP contribution in [0.15, 0.2) is 0 Å². The SMILES string of the molecule is CCN(c1nc(N)nc(OC(C)C)n1)C1CCCCC1. The molecule has 0 saturated heterocycles. The third kappa shape index (κ3) is 3.71. The first-order valence-corrected chi connectivity index (χ1v) is 7.55. The van der Waals surface area contributed by atoms with E-state index < -0.39 is 0 Å². The molecule has 112 valence electrons. The van der Waals surface area contributed by atoms with E-state index in [0.29, 0.717) is 18.0 Å². The highest BCUT2D eigenvalue weighted by Crippen LogP contribution is 2.26. The lowest BCUT2D eigenvalue weighted by molar-refractivity contribution is 0.222. The fraction of sp³-hybridized carbons (Fsp3) is 0.786. The predicted molar refractivity (Wildman–Crippen MR) is 79.9 cm³/mol. The van der Waals surface area contributed by atoms with Crippen LogP contribution < -0.4 is 15.4 Å². The maximum Gasteiger partial charge on any atom is 0.323 e. The third-order valence-electron chi connectivity index (χ3n) is 3.57. The Morgan fingerprint density at radius 2 is 1.90 bits per heavy atom. The van der Waals surface area contributed by atoms with Crippen LogP contribution in [0.1, 0.15) is 52.9 Å². The van der Waals surface area contributed by atoms with Gasteiger partial charge in [-0.2, -0.15) is 15.0 Å². The molecule has 0 atom stereocenters. The van der Waals surface area contributed by atoms with Crippen molar-refractivity contribution in [3.63, 3.8) is 0 Å². The lowest BCUT2D eigenvalue weighted by atomic mass is 9.94. The zero-order chi connectivity index (χ0) is 14.5. The molecule has 0 radical (unpaired) electrons. The first-order chi connectivity index (χ1) is 9.60. The molecule has 1 fully saturated rings. The molecule has 0 bridgehead atoms. The Morgan fingerprint density at radius 3 is 2.50 bits per heavy atom. The number of nitrogens with zero attached hydrogens (tertiary/aromatic N) is 4. The van der Waals surface area contributed by atoms with Gasteiger partial charge in [0.15, 0.2) is 0 Å². The van der Waals surface area contributed by atoms with Crippen molar-refractivity contribution >= 4 is 11.9 Å². The highest BCUT2D eigenvalue weighted by Gasteiger charge is 2.23. The second-order valence-electron chi connectivity index (χ2n) is 5.52. The summed E-state index contributed by atoms with van der Waals surface area (Å²) in [6, 6.07) is 0.819. The number of anilines is 2. The van der Waals surface area contributed by atoms with E-state index in [1.54, 1.807) is 0 Å². The summed E-state index contributed by atoms with van der Waals surface area (Å²) in [6.45, 7) is 6.88. The normalized spacial score (nSPS) is 16.4. The molecule has 1 aliphatic carbocycles. The quantitative estimate of drug-likeness (QED) is 0.891. The molecule has 2 N–H and O–H groups in total. The van der Waals surface area contributed by atoms with Crippen molar-refractivity contribution in [2.75, 3.05) is 17.2 Å². The minimum absolute atomic E-state index is 0.0226. The Hall–Kier alpha value is -1.59. The molecule has 1 aliphatic rings. The third-order valence-corrected chi connectivity index (χ3v) is 3.57. The Labute approximate surface area is 120 Å². The van der Waals surface area contributed by atoms with Crippen LogP contribution in [0.4, 0.5) is 11.9 Å². The maximum absolute atomic E-state index is 5.79. The highest BCUT2D eigenvalue weighted by atomic mass is 16.5. The number of nitrogen functional groups attached to an aromatic ring is 1. The van der Waals surface area contributed by atoms with Gasteiger partial charge in [0.1, 0.15) is 0 Å². The van der Waals surface area contributed by atoms with E-state index in [9.17, 15) is 0 Å². The van der Waals surface area contributed by atoms with E-state index in [4.69, 9.17) is 10.5 Å². The van der Waals surface area contributed by atoms with Crippen LogP contribution in [-0.2, 0) is 0 Å². The van der Waals surface area contributed by atoms with Crippen LogP contribution in [-0.4, -0.2) is 33.6 Å². The van der Waals surface area contributed by atoms with Crippen LogP contribution in [0.25, 0.3) is 0 Å². The molecule has 0 unspecified atom stereocenters. The second-order valence-corrected chi connectivity index (χ2v) is 5.52. The smallest absolute Gasteiger partial charge is 0.323 e. The summed E-state index contributed by atoms with van der Waals surface area (Å²) in [5.74, 6) is 0.863. The summed E-state index contributed by atoms with van der Waals surface area (Å²) < 4.78 is 5.55. The molecule has 1 saturated carbocycles. The molecule has 0 amide bonds. The molecule has 0 spiro atoms. The van der Waals surface area contributed by atoms with Gasteiger partial charge in [-0.3, -0.25) is 0 Å². The van der Waals surface area contributed by atoms with Crippen molar-refractivity contribution in [1.82, 2.24) is 15.0 Å².